The molecule has 0 amide bonds. The van der Waals surface area contributed by atoms with E-state index in [9.17, 15) is 4.39 Å². The van der Waals surface area contributed by atoms with E-state index in [0.717, 1.165) is 17.7 Å². The van der Waals surface area contributed by atoms with Gasteiger partial charge in [-0.05, 0) is 42.3 Å². The van der Waals surface area contributed by atoms with Gasteiger partial charge in [0.05, 0.1) is 5.69 Å². The molecule has 86 valence electrons. The summed E-state index contributed by atoms with van der Waals surface area (Å²) >= 11 is 0. The molecule has 1 saturated carbocycles. The molecule has 1 fully saturated rings. The lowest BCUT2D eigenvalue weighted by molar-refractivity contribution is 0.628. The minimum absolute atomic E-state index is 0.227. The smallest absolute Gasteiger partial charge is 0.123 e. The Balaban J connectivity index is 1.86. The largest absolute Gasteiger partial charge is 0.327 e. The lowest BCUT2D eigenvalue weighted by atomic mass is 10.1. The lowest BCUT2D eigenvalue weighted by Gasteiger charge is -2.02. The highest BCUT2D eigenvalue weighted by molar-refractivity contribution is 5.59. The van der Waals surface area contributed by atoms with Crippen LogP contribution >= 0.6 is 0 Å². The Bertz CT molecular complexity index is 519. The average Bonchev–Trinajstić information content (AvgIpc) is 3.08. The van der Waals surface area contributed by atoms with Gasteiger partial charge in [-0.25, -0.2) is 4.39 Å². The fourth-order valence-electron chi connectivity index (χ4n) is 2.01. The highest BCUT2D eigenvalue weighted by Gasteiger charge is 2.34. The second-order valence-electron chi connectivity index (χ2n) is 4.49. The number of nitrogens with zero attached hydrogens (tertiary/aromatic N) is 1. The van der Waals surface area contributed by atoms with Crippen LogP contribution in [0.3, 0.4) is 0 Å². The molecule has 2 N–H and O–H groups in total. The number of hydrogen-bond donors (Lipinski definition) is 1. The van der Waals surface area contributed by atoms with Crippen LogP contribution < -0.4 is 5.73 Å². The van der Waals surface area contributed by atoms with Gasteiger partial charge in [0, 0.05) is 23.7 Å². The number of rotatable bonds is 2. The quantitative estimate of drug-likeness (QED) is 0.858. The van der Waals surface area contributed by atoms with E-state index in [1.54, 1.807) is 12.1 Å². The summed E-state index contributed by atoms with van der Waals surface area (Å²) in [5, 5.41) is 0. The third-order valence-corrected chi connectivity index (χ3v) is 3.19. The summed E-state index contributed by atoms with van der Waals surface area (Å²) < 4.78 is 12.8. The van der Waals surface area contributed by atoms with Gasteiger partial charge in [0.1, 0.15) is 5.82 Å². The zero-order valence-electron chi connectivity index (χ0n) is 9.31. The van der Waals surface area contributed by atoms with Gasteiger partial charge in [-0.3, -0.25) is 4.98 Å². The summed E-state index contributed by atoms with van der Waals surface area (Å²) in [4.78, 5) is 4.40. The molecule has 3 heteroatoms. The maximum Gasteiger partial charge on any atom is 0.123 e. The van der Waals surface area contributed by atoms with Crippen molar-refractivity contribution in [2.24, 2.45) is 5.73 Å². The minimum atomic E-state index is -0.227. The highest BCUT2D eigenvalue weighted by Crippen LogP contribution is 2.38. The van der Waals surface area contributed by atoms with E-state index < -0.39 is 0 Å². The van der Waals surface area contributed by atoms with Gasteiger partial charge < -0.3 is 5.73 Å². The number of benzene rings is 1. The average molecular weight is 228 g/mol. The van der Waals surface area contributed by atoms with Gasteiger partial charge >= 0.3 is 0 Å². The van der Waals surface area contributed by atoms with Crippen molar-refractivity contribution >= 4 is 0 Å². The molecule has 0 radical (unpaired) electrons. The Kier molecular flexibility index (Phi) is 2.41. The molecule has 0 spiro atoms. The molecule has 0 unspecified atom stereocenters. The maximum atomic E-state index is 12.8. The number of pyridine rings is 1. The van der Waals surface area contributed by atoms with Gasteiger partial charge in [-0.15, -0.1) is 0 Å². The number of halogens is 1. The molecule has 2 aromatic rings. The van der Waals surface area contributed by atoms with Crippen molar-refractivity contribution in [2.45, 2.75) is 18.4 Å². The van der Waals surface area contributed by atoms with Crippen molar-refractivity contribution in [2.75, 3.05) is 0 Å². The van der Waals surface area contributed by atoms with Gasteiger partial charge in [-0.1, -0.05) is 6.07 Å². The second kappa shape index (κ2) is 3.93. The van der Waals surface area contributed by atoms with Crippen LogP contribution in [0.4, 0.5) is 4.39 Å². The highest BCUT2D eigenvalue weighted by atomic mass is 19.1. The van der Waals surface area contributed by atoms with E-state index in [1.165, 1.54) is 17.7 Å². The molecule has 0 aliphatic heterocycles. The third-order valence-electron chi connectivity index (χ3n) is 3.19. The molecule has 2 nitrogen and oxygen atoms in total. The summed E-state index contributed by atoms with van der Waals surface area (Å²) in [5.41, 5.74) is 8.79. The summed E-state index contributed by atoms with van der Waals surface area (Å²) in [6.45, 7) is 0. The zero-order chi connectivity index (χ0) is 11.8. The molecule has 2 atom stereocenters. The predicted molar refractivity (Wildman–Crippen MR) is 65.0 cm³/mol. The number of aromatic nitrogens is 1. The van der Waals surface area contributed by atoms with E-state index in [4.69, 9.17) is 5.73 Å². The van der Waals surface area contributed by atoms with Crippen LogP contribution in [-0.4, -0.2) is 11.0 Å². The first-order chi connectivity index (χ1) is 8.24. The third kappa shape index (κ3) is 2.06. The van der Waals surface area contributed by atoms with Crippen molar-refractivity contribution in [3.8, 4) is 11.3 Å². The van der Waals surface area contributed by atoms with Crippen molar-refractivity contribution in [1.29, 1.82) is 0 Å². The van der Waals surface area contributed by atoms with Gasteiger partial charge in [0.15, 0.2) is 0 Å². The van der Waals surface area contributed by atoms with Crippen LogP contribution in [0.15, 0.2) is 42.6 Å². The fourth-order valence-corrected chi connectivity index (χ4v) is 2.01. The van der Waals surface area contributed by atoms with Gasteiger partial charge in [0.25, 0.3) is 0 Å². The van der Waals surface area contributed by atoms with Crippen molar-refractivity contribution in [1.82, 2.24) is 4.98 Å². The fraction of sp³-hybridized carbons (Fsp3) is 0.214. The van der Waals surface area contributed by atoms with E-state index >= 15 is 0 Å². The van der Waals surface area contributed by atoms with Crippen LogP contribution in [0.2, 0.25) is 0 Å². The maximum absolute atomic E-state index is 12.8. The number of nitrogens with two attached hydrogens (primary N) is 1. The van der Waals surface area contributed by atoms with E-state index in [0.29, 0.717) is 12.0 Å². The van der Waals surface area contributed by atoms with Crippen LogP contribution in [0, 0.1) is 5.82 Å². The van der Waals surface area contributed by atoms with Crippen LogP contribution in [-0.2, 0) is 0 Å². The molecule has 0 bridgehead atoms. The summed E-state index contributed by atoms with van der Waals surface area (Å²) in [7, 11) is 0. The first kappa shape index (κ1) is 10.4. The molecule has 0 saturated heterocycles. The van der Waals surface area contributed by atoms with Crippen LogP contribution in [0.1, 0.15) is 17.9 Å². The summed E-state index contributed by atoms with van der Waals surface area (Å²) in [6.07, 6.45) is 2.92. The van der Waals surface area contributed by atoms with E-state index in [1.807, 2.05) is 12.3 Å². The van der Waals surface area contributed by atoms with Crippen LogP contribution in [0.25, 0.3) is 11.3 Å². The summed E-state index contributed by atoms with van der Waals surface area (Å²) in [6, 6.07) is 10.7. The number of hydrogen-bond acceptors (Lipinski definition) is 2. The zero-order valence-corrected chi connectivity index (χ0v) is 9.31. The topological polar surface area (TPSA) is 38.9 Å². The van der Waals surface area contributed by atoms with Crippen molar-refractivity contribution in [3.05, 3.63) is 54.0 Å². The van der Waals surface area contributed by atoms with E-state index in [2.05, 4.69) is 11.1 Å². The second-order valence-corrected chi connectivity index (χ2v) is 4.49. The molecule has 3 rings (SSSR count). The molecule has 1 aliphatic rings. The Hall–Kier alpha value is -1.74. The SMILES string of the molecule is N[C@@H]1C[C@H]1c1ccc(-c2ccc(F)cc2)nc1. The molecular formula is C14H13FN2. The Morgan fingerprint density at radius 3 is 2.35 bits per heavy atom. The predicted octanol–water partition coefficient (Wildman–Crippen LogP) is 2.70. The van der Waals surface area contributed by atoms with Crippen molar-refractivity contribution < 1.29 is 4.39 Å². The van der Waals surface area contributed by atoms with Crippen molar-refractivity contribution in [3.63, 3.8) is 0 Å². The molecule has 17 heavy (non-hydrogen) atoms. The standard InChI is InChI=1S/C14H13FN2/c15-11-4-1-9(2-5-11)14-6-3-10(8-17-14)12-7-13(12)16/h1-6,8,12-13H,7,16H2/t12-,13+/m0/s1. The summed E-state index contributed by atoms with van der Waals surface area (Å²) in [5.74, 6) is 0.249. The van der Waals surface area contributed by atoms with E-state index in [-0.39, 0.29) is 5.82 Å². The molecule has 1 aromatic carbocycles. The Morgan fingerprint density at radius 2 is 1.82 bits per heavy atom. The first-order valence-electron chi connectivity index (χ1n) is 5.71. The van der Waals surface area contributed by atoms with Crippen LogP contribution in [0.5, 0.6) is 0 Å². The monoisotopic (exact) mass is 228 g/mol. The molecule has 1 aliphatic carbocycles. The minimum Gasteiger partial charge on any atom is -0.327 e. The Labute approximate surface area is 99.3 Å². The lowest BCUT2D eigenvalue weighted by Crippen LogP contribution is -2.01. The van der Waals surface area contributed by atoms with Gasteiger partial charge in [-0.2, -0.15) is 0 Å². The normalized spacial score (nSPS) is 22.5. The molecule has 1 aromatic heterocycles. The van der Waals surface area contributed by atoms with Gasteiger partial charge in [0.2, 0.25) is 0 Å². The molecule has 1 heterocycles. The molecular weight excluding hydrogens is 215 g/mol. The Morgan fingerprint density at radius 1 is 1.12 bits per heavy atom. The first-order valence-corrected chi connectivity index (χ1v) is 5.71.